The van der Waals surface area contributed by atoms with Crippen molar-refractivity contribution in [2.75, 3.05) is 13.6 Å². The zero-order valence-electron chi connectivity index (χ0n) is 12.4. The Morgan fingerprint density at radius 1 is 1.43 bits per heavy atom. The Kier molecular flexibility index (Phi) is 6.64. The minimum absolute atomic E-state index is 0.133. The highest BCUT2D eigenvalue weighted by atomic mass is 16.7. The van der Waals surface area contributed by atoms with E-state index >= 15 is 0 Å². The molecule has 0 saturated carbocycles. The lowest BCUT2D eigenvalue weighted by atomic mass is 9.74. The van der Waals surface area contributed by atoms with E-state index in [-0.39, 0.29) is 18.4 Å². The Labute approximate surface area is 123 Å². The van der Waals surface area contributed by atoms with Crippen molar-refractivity contribution in [2.24, 2.45) is 5.92 Å². The van der Waals surface area contributed by atoms with E-state index in [4.69, 9.17) is 14.4 Å². The minimum Gasteiger partial charge on any atom is -0.506 e. The van der Waals surface area contributed by atoms with Crippen LogP contribution in [0.5, 0.6) is 0 Å². The van der Waals surface area contributed by atoms with Crippen LogP contribution in [-0.4, -0.2) is 55.7 Å². The second-order valence-electron chi connectivity index (χ2n) is 5.36. The third-order valence-corrected chi connectivity index (χ3v) is 2.89. The molecule has 0 aliphatic carbocycles. The van der Waals surface area contributed by atoms with Gasteiger partial charge in [0.25, 0.3) is 0 Å². The third kappa shape index (κ3) is 5.72. The smallest absolute Gasteiger partial charge is 0.506 e. The number of carbonyl (C=O) groups is 3. The first kappa shape index (κ1) is 17.4. The maximum absolute atomic E-state index is 11.7. The average Bonchev–Trinajstić information content (AvgIpc) is 2.69. The van der Waals surface area contributed by atoms with E-state index in [1.54, 1.807) is 7.05 Å². The molecule has 0 spiro atoms. The topological polar surface area (TPSA) is 114 Å². The first-order chi connectivity index (χ1) is 9.83. The quantitative estimate of drug-likeness (QED) is 0.502. The summed E-state index contributed by atoms with van der Waals surface area (Å²) in [7, 11) is 0.691. The van der Waals surface area contributed by atoms with Crippen molar-refractivity contribution >= 4 is 25.0 Å². The molecule has 1 amide bonds. The van der Waals surface area contributed by atoms with Crippen LogP contribution in [0.25, 0.3) is 0 Å². The van der Waals surface area contributed by atoms with Gasteiger partial charge in [0, 0.05) is 0 Å². The van der Waals surface area contributed by atoms with E-state index < -0.39 is 37.5 Å². The summed E-state index contributed by atoms with van der Waals surface area (Å²) >= 11 is 0. The van der Waals surface area contributed by atoms with E-state index in [2.05, 4.69) is 10.6 Å². The van der Waals surface area contributed by atoms with Gasteiger partial charge in [-0.25, -0.2) is 0 Å². The Hall–Kier alpha value is -1.61. The van der Waals surface area contributed by atoms with Gasteiger partial charge in [0.1, 0.15) is 0 Å². The number of carboxylic acid groups (broad SMARTS) is 1. The molecule has 1 saturated heterocycles. The van der Waals surface area contributed by atoms with Crippen molar-refractivity contribution < 1.29 is 28.8 Å². The number of likely N-dealkylation sites (N-methyl/N-ethyl adjacent to an activating group) is 1. The fourth-order valence-electron chi connectivity index (χ4n) is 2.07. The number of hydrogen-bond donors (Lipinski definition) is 3. The van der Waals surface area contributed by atoms with Crippen LogP contribution in [0.15, 0.2) is 0 Å². The molecular weight excluding hydrogens is 279 g/mol. The van der Waals surface area contributed by atoms with E-state index in [0.717, 1.165) is 0 Å². The molecule has 9 heteroatoms. The van der Waals surface area contributed by atoms with Gasteiger partial charge in [0.05, 0.1) is 18.9 Å². The zero-order chi connectivity index (χ0) is 16.0. The largest absolute Gasteiger partial charge is 0.552 e. The van der Waals surface area contributed by atoms with E-state index in [0.29, 0.717) is 6.42 Å². The second kappa shape index (κ2) is 7.99. The van der Waals surface area contributed by atoms with Crippen LogP contribution in [0.2, 0.25) is 0 Å². The summed E-state index contributed by atoms with van der Waals surface area (Å²) in [6.45, 7) is 4.05. The summed E-state index contributed by atoms with van der Waals surface area (Å²) in [6.07, 6.45) is -1.02. The van der Waals surface area contributed by atoms with Crippen molar-refractivity contribution in [2.45, 2.75) is 38.7 Å². The van der Waals surface area contributed by atoms with Crippen LogP contribution in [0.3, 0.4) is 0 Å². The van der Waals surface area contributed by atoms with Gasteiger partial charge in [-0.1, -0.05) is 13.8 Å². The number of nitrogens with one attached hydrogen (secondary N) is 2. The maximum Gasteiger partial charge on any atom is 0.552 e. The molecule has 1 aliphatic heterocycles. The molecule has 1 fully saturated rings. The Bertz CT molecular complexity index is 403. The highest BCUT2D eigenvalue weighted by Gasteiger charge is 2.46. The molecule has 0 aromatic heterocycles. The highest BCUT2D eigenvalue weighted by molar-refractivity contribution is 6.51. The summed E-state index contributed by atoms with van der Waals surface area (Å²) in [5, 5.41) is 14.2. The van der Waals surface area contributed by atoms with Gasteiger partial charge in [-0.3, -0.25) is 14.4 Å². The van der Waals surface area contributed by atoms with Gasteiger partial charge in [0.2, 0.25) is 5.91 Å². The molecule has 21 heavy (non-hydrogen) atoms. The van der Waals surface area contributed by atoms with Crippen molar-refractivity contribution in [3.63, 3.8) is 0 Å². The predicted molar refractivity (Wildman–Crippen MR) is 74.3 cm³/mol. The average molecular weight is 300 g/mol. The number of hydrogen-bond acceptors (Lipinski definition) is 6. The molecule has 8 nitrogen and oxygen atoms in total. The predicted octanol–water partition coefficient (Wildman–Crippen LogP) is -0.819. The van der Waals surface area contributed by atoms with Crippen molar-refractivity contribution in [1.29, 1.82) is 0 Å². The number of rotatable bonds is 8. The zero-order valence-corrected chi connectivity index (χ0v) is 12.4. The fourth-order valence-corrected chi connectivity index (χ4v) is 2.07. The number of aliphatic carboxylic acids is 1. The molecule has 1 heterocycles. The van der Waals surface area contributed by atoms with E-state index in [1.807, 2.05) is 13.8 Å². The van der Waals surface area contributed by atoms with Gasteiger partial charge < -0.3 is 25.0 Å². The van der Waals surface area contributed by atoms with Crippen molar-refractivity contribution in [3.8, 4) is 0 Å². The number of carbonyl (C=O) groups excluding carboxylic acids is 2. The molecule has 3 N–H and O–H groups in total. The van der Waals surface area contributed by atoms with Gasteiger partial charge in [0.15, 0.2) is 6.10 Å². The first-order valence-corrected chi connectivity index (χ1v) is 6.85. The standard InChI is InChI=1S/C12H21BN2O6/c1-7(2)4-9(15-10(16)6-14-3)13-20-8(5-11(17)18)12(19)21-13/h7-9,14H,4-6H2,1-3H3,(H,15,16)(H,17,18)/t8-,9?/m0/s1. The van der Waals surface area contributed by atoms with Crippen LogP contribution in [0.4, 0.5) is 0 Å². The Morgan fingerprint density at radius 3 is 2.62 bits per heavy atom. The summed E-state index contributed by atoms with van der Waals surface area (Å²) in [5.74, 6) is -2.36. The molecule has 118 valence electrons. The normalized spacial score (nSPS) is 19.5. The van der Waals surface area contributed by atoms with Crippen LogP contribution in [0.1, 0.15) is 26.7 Å². The van der Waals surface area contributed by atoms with Crippen LogP contribution < -0.4 is 10.6 Å². The van der Waals surface area contributed by atoms with Crippen molar-refractivity contribution in [3.05, 3.63) is 0 Å². The third-order valence-electron chi connectivity index (χ3n) is 2.89. The molecule has 2 atom stereocenters. The minimum atomic E-state index is -1.14. The second-order valence-corrected chi connectivity index (χ2v) is 5.36. The lowest BCUT2D eigenvalue weighted by Crippen LogP contribution is -2.50. The molecule has 0 aromatic carbocycles. The summed E-state index contributed by atoms with van der Waals surface area (Å²) in [6, 6.07) is 0. The molecule has 0 radical (unpaired) electrons. The van der Waals surface area contributed by atoms with Crippen LogP contribution in [0, 0.1) is 5.92 Å². The van der Waals surface area contributed by atoms with Crippen LogP contribution >= 0.6 is 0 Å². The Balaban J connectivity index is 2.68. The van der Waals surface area contributed by atoms with Gasteiger partial charge in [-0.05, 0) is 19.4 Å². The van der Waals surface area contributed by atoms with Crippen LogP contribution in [-0.2, 0) is 23.7 Å². The maximum atomic E-state index is 11.7. The first-order valence-electron chi connectivity index (χ1n) is 6.85. The molecule has 1 unspecified atom stereocenters. The molecule has 0 bridgehead atoms. The van der Waals surface area contributed by atoms with E-state index in [9.17, 15) is 14.4 Å². The van der Waals surface area contributed by atoms with Crippen molar-refractivity contribution in [1.82, 2.24) is 10.6 Å². The monoisotopic (exact) mass is 300 g/mol. The number of carboxylic acids is 1. The molecule has 0 aromatic rings. The molecular formula is C12H21BN2O6. The summed E-state index contributed by atoms with van der Waals surface area (Å²) < 4.78 is 10.4. The van der Waals surface area contributed by atoms with Gasteiger partial charge in [-0.2, -0.15) is 0 Å². The highest BCUT2D eigenvalue weighted by Crippen LogP contribution is 2.19. The van der Waals surface area contributed by atoms with Gasteiger partial charge in [-0.15, -0.1) is 0 Å². The Morgan fingerprint density at radius 2 is 2.10 bits per heavy atom. The fraction of sp³-hybridized carbons (Fsp3) is 0.750. The summed E-state index contributed by atoms with van der Waals surface area (Å²) in [4.78, 5) is 33.9. The lowest BCUT2D eigenvalue weighted by Gasteiger charge is -2.21. The van der Waals surface area contributed by atoms with E-state index in [1.165, 1.54) is 0 Å². The molecule has 1 rings (SSSR count). The van der Waals surface area contributed by atoms with Gasteiger partial charge >= 0.3 is 19.1 Å². The summed E-state index contributed by atoms with van der Waals surface area (Å²) in [5.41, 5.74) is 0. The lowest BCUT2D eigenvalue weighted by molar-refractivity contribution is -0.145. The number of amides is 1. The SMILES string of the molecule is CNCC(=O)NC(CC(C)C)B1OC(=O)[C@H](CC(=O)O)O1. The molecule has 1 aliphatic rings.